The van der Waals surface area contributed by atoms with Crippen LogP contribution < -0.4 is 0 Å². The van der Waals surface area contributed by atoms with Gasteiger partial charge in [-0.2, -0.15) is 0 Å². The first kappa shape index (κ1) is 14.8. The van der Waals surface area contributed by atoms with E-state index in [0.29, 0.717) is 28.0 Å². The Morgan fingerprint density at radius 3 is 2.80 bits per heavy atom. The summed E-state index contributed by atoms with van der Waals surface area (Å²) in [4.78, 5) is 10.9. The van der Waals surface area contributed by atoms with Crippen molar-refractivity contribution >= 4 is 6.16 Å². The Kier molecular flexibility index (Phi) is 10.1. The molecule has 0 fully saturated rings. The maximum absolute atomic E-state index is 10.9. The molecule has 0 aromatic rings. The molecule has 0 radical (unpaired) electrons. The van der Waals surface area contributed by atoms with E-state index in [1.54, 1.807) is 6.08 Å². The second-order valence-corrected chi connectivity index (χ2v) is 3.90. The summed E-state index contributed by atoms with van der Waals surface area (Å²) < 4.78 is 9.59. The Balaban J connectivity index is 3.83. The fourth-order valence-electron chi connectivity index (χ4n) is 1.22. The average molecular weight is 441 g/mol. The molecule has 0 aliphatic carbocycles. The summed E-state index contributed by atoms with van der Waals surface area (Å²) in [6.07, 6.45) is 6.28. The molecule has 4 heteroatoms. The van der Waals surface area contributed by atoms with Crippen molar-refractivity contribution in [3.05, 3.63) is 18.4 Å². The molecule has 0 amide bonds. The normalized spacial score (nSPS) is 11.4. The van der Waals surface area contributed by atoms with E-state index in [1.165, 1.54) is 12.8 Å². The third-order valence-corrected chi connectivity index (χ3v) is 2.53. The molecule has 1 atom stereocenters. The molecule has 0 aromatic heterocycles. The van der Waals surface area contributed by atoms with Gasteiger partial charge in [-0.3, -0.25) is 0 Å². The van der Waals surface area contributed by atoms with Crippen LogP contribution in [0.5, 0.6) is 0 Å². The first-order valence-electron chi connectivity index (χ1n) is 5.11. The van der Waals surface area contributed by atoms with Gasteiger partial charge in [-0.1, -0.05) is 0 Å². The van der Waals surface area contributed by atoms with Crippen molar-refractivity contribution in [2.45, 2.75) is 45.1 Å². The van der Waals surface area contributed by atoms with Crippen molar-refractivity contribution in [1.29, 1.82) is 0 Å². The number of carbonyl (C=O) groups is 1. The molecule has 0 aliphatic heterocycles. The summed E-state index contributed by atoms with van der Waals surface area (Å²) in [5, 5.41) is 0. The number of carbonyl (C=O) groups excluding carboxylic acids is 1. The second-order valence-electron chi connectivity index (χ2n) is 3.21. The minimum atomic E-state index is -0.594. The molecule has 3 nitrogen and oxygen atoms in total. The first-order valence-corrected chi connectivity index (χ1v) is 6.49. The summed E-state index contributed by atoms with van der Waals surface area (Å²) >= 11 is 0.440. The van der Waals surface area contributed by atoms with Crippen molar-refractivity contribution < 1.29 is 40.0 Å². The molecular formula is C11H17O3Pu. The topological polar surface area (TPSA) is 35.5 Å². The van der Waals surface area contributed by atoms with E-state index in [0.717, 1.165) is 19.3 Å². The van der Waals surface area contributed by atoms with Crippen LogP contribution in [-0.2, 0) is 7.21 Å². The molecule has 1 unspecified atom stereocenters. The van der Waals surface area contributed by atoms with Crippen molar-refractivity contribution in [1.82, 2.24) is 0 Å². The van der Waals surface area contributed by atoms with Gasteiger partial charge in [-0.05, 0) is 0 Å². The zero-order chi connectivity index (χ0) is 11.5. The van der Waals surface area contributed by atoms with E-state index in [4.69, 9.17) is 4.74 Å². The Morgan fingerprint density at radius 1 is 1.53 bits per heavy atom. The Morgan fingerprint density at radius 2 is 2.27 bits per heavy atom. The molecule has 0 aliphatic rings. The number of unbranched alkanes of at least 4 members (excludes halogenated alkanes) is 3. The van der Waals surface area contributed by atoms with Crippen LogP contribution in [0.3, 0.4) is 0 Å². The molecule has 0 heterocycles. The van der Waals surface area contributed by atoms with Gasteiger partial charge in [0, 0.05) is 0 Å². The number of rotatable bonds is 7. The molecule has 0 bridgehead atoms. The van der Waals surface area contributed by atoms with Gasteiger partial charge in [0.05, 0.1) is 0 Å². The first-order chi connectivity index (χ1) is 7.24. The average Bonchev–Trinajstić information content (AvgIpc) is 2.24. The SMILES string of the molecule is C=C=CC(CCCCCC)OC(=O)[O][Pu]. The molecule has 0 N–H and O–H groups in total. The number of ether oxygens (including phenoxy) is 1. The maximum atomic E-state index is 10.9. The van der Waals surface area contributed by atoms with E-state index in [9.17, 15) is 4.79 Å². The molecule has 85 valence electrons. The standard InChI is InChI=1S/C11H18O3.Pu/c1-3-5-6-7-9-10(8-4-2)14-11(12)13;/h8,10H,2-3,5-7,9H2,1H3,(H,12,13);/q;+1/p-1. The van der Waals surface area contributed by atoms with Crippen LogP contribution in [0.2, 0.25) is 0 Å². The Labute approximate surface area is 109 Å². The molecule has 0 rings (SSSR count). The van der Waals surface area contributed by atoms with Gasteiger partial charge in [-0.25, -0.2) is 0 Å². The summed E-state index contributed by atoms with van der Waals surface area (Å²) in [5.74, 6) is 0. The number of hydrogen-bond donors (Lipinski definition) is 0. The van der Waals surface area contributed by atoms with Gasteiger partial charge in [-0.15, -0.1) is 0 Å². The Hall–Kier alpha value is -0.223. The monoisotopic (exact) mass is 435 g/mol. The molecular weight excluding hydrogens is 424 g/mol. The summed E-state index contributed by atoms with van der Waals surface area (Å²) in [6, 6.07) is 0. The van der Waals surface area contributed by atoms with Crippen LogP contribution in [0, 0.1) is 28.0 Å². The van der Waals surface area contributed by atoms with Gasteiger partial charge < -0.3 is 0 Å². The van der Waals surface area contributed by atoms with Gasteiger partial charge in [0.25, 0.3) is 0 Å². The van der Waals surface area contributed by atoms with Gasteiger partial charge in [0.1, 0.15) is 0 Å². The fraction of sp³-hybridized carbons (Fsp3) is 0.636. The molecule has 0 saturated carbocycles. The van der Waals surface area contributed by atoms with E-state index in [-0.39, 0.29) is 6.10 Å². The van der Waals surface area contributed by atoms with Crippen molar-refractivity contribution in [2.24, 2.45) is 0 Å². The van der Waals surface area contributed by atoms with Crippen LogP contribution in [0.25, 0.3) is 0 Å². The van der Waals surface area contributed by atoms with Crippen molar-refractivity contribution in [3.8, 4) is 0 Å². The van der Waals surface area contributed by atoms with Crippen molar-refractivity contribution in [3.63, 3.8) is 0 Å². The third kappa shape index (κ3) is 8.75. The molecule has 0 spiro atoms. The molecule has 15 heavy (non-hydrogen) atoms. The van der Waals surface area contributed by atoms with Gasteiger partial charge in [0.2, 0.25) is 0 Å². The summed E-state index contributed by atoms with van der Waals surface area (Å²) in [7, 11) is 0. The summed E-state index contributed by atoms with van der Waals surface area (Å²) in [5.41, 5.74) is 2.64. The quantitative estimate of drug-likeness (QED) is 0.346. The van der Waals surface area contributed by atoms with Crippen LogP contribution in [0.15, 0.2) is 18.4 Å². The van der Waals surface area contributed by atoms with Crippen LogP contribution in [-0.4, -0.2) is 12.3 Å². The van der Waals surface area contributed by atoms with E-state index in [2.05, 4.69) is 21.7 Å². The minimum absolute atomic E-state index is 0.237. The fourth-order valence-corrected chi connectivity index (χ4v) is 1.39. The number of hydrogen-bond acceptors (Lipinski definition) is 3. The van der Waals surface area contributed by atoms with E-state index in [1.807, 2.05) is 0 Å². The third-order valence-electron chi connectivity index (χ3n) is 1.96. The van der Waals surface area contributed by atoms with E-state index >= 15 is 0 Å². The van der Waals surface area contributed by atoms with Crippen LogP contribution in [0.1, 0.15) is 39.0 Å². The van der Waals surface area contributed by atoms with Gasteiger partial charge in [0.15, 0.2) is 0 Å². The van der Waals surface area contributed by atoms with Gasteiger partial charge >= 0.3 is 110 Å². The Bertz CT molecular complexity index is 222. The molecule has 0 saturated heterocycles. The van der Waals surface area contributed by atoms with Crippen LogP contribution >= 0.6 is 0 Å². The zero-order valence-corrected chi connectivity index (χ0v) is 12.4. The predicted octanol–water partition coefficient (Wildman–Crippen LogP) is 3.28. The predicted molar refractivity (Wildman–Crippen MR) is 53.8 cm³/mol. The van der Waals surface area contributed by atoms with E-state index < -0.39 is 6.16 Å². The van der Waals surface area contributed by atoms with Crippen LogP contribution in [0.4, 0.5) is 4.79 Å². The summed E-state index contributed by atoms with van der Waals surface area (Å²) in [6.45, 7) is 5.64. The molecule has 0 aromatic carbocycles. The second kappa shape index (κ2) is 10.3. The zero-order valence-electron chi connectivity index (χ0n) is 9.03. The van der Waals surface area contributed by atoms with Crippen molar-refractivity contribution in [2.75, 3.05) is 0 Å².